The van der Waals surface area contributed by atoms with Crippen molar-refractivity contribution in [3.05, 3.63) is 40.8 Å². The van der Waals surface area contributed by atoms with Gasteiger partial charge in [0.15, 0.2) is 0 Å². The summed E-state index contributed by atoms with van der Waals surface area (Å²) in [7, 11) is 0. The summed E-state index contributed by atoms with van der Waals surface area (Å²) in [5.74, 6) is -0.192. The Balaban J connectivity index is 1.70. The molecule has 7 nitrogen and oxygen atoms in total. The number of primary amides is 1. The first kappa shape index (κ1) is 19.5. The van der Waals surface area contributed by atoms with Crippen molar-refractivity contribution in [3.8, 4) is 5.75 Å². The molecule has 0 spiro atoms. The van der Waals surface area contributed by atoms with Crippen molar-refractivity contribution in [1.29, 1.82) is 0 Å². The van der Waals surface area contributed by atoms with Gasteiger partial charge in [0.2, 0.25) is 0 Å². The van der Waals surface area contributed by atoms with Crippen LogP contribution >= 0.6 is 11.3 Å². The number of hydrogen-bond acceptors (Lipinski definition) is 7. The second-order valence-electron chi connectivity index (χ2n) is 7.10. The number of ether oxygens (including phenoxy) is 1. The number of nitrogens with two attached hydrogens (primary N) is 1. The number of aryl methyl sites for hydroxylation is 1. The third-order valence-electron chi connectivity index (χ3n) is 5.09. The number of halogens is 1. The standard InChI is InChI=1S/C20H21FN4O3S/c1-10-16-19(23-9-24-20(16)29-17(10)18(22)27)25-12-7-6-11(21)8-15(12)28-14-5-3-2-4-13(14)26/h6-9,13-14,26H,2-5H2,1H3,(H2,22,27)(H,23,24,25)/t13-,14-/m1/s1. The zero-order chi connectivity index (χ0) is 20.5. The highest BCUT2D eigenvalue weighted by atomic mass is 32.1. The maximum atomic E-state index is 13.9. The van der Waals surface area contributed by atoms with Crippen molar-refractivity contribution in [3.63, 3.8) is 0 Å². The molecule has 1 aromatic carbocycles. The average molecular weight is 416 g/mol. The number of hydrogen-bond donors (Lipinski definition) is 3. The highest BCUT2D eigenvalue weighted by Crippen LogP contribution is 2.37. The Morgan fingerprint density at radius 3 is 2.90 bits per heavy atom. The summed E-state index contributed by atoms with van der Waals surface area (Å²) in [5.41, 5.74) is 6.65. The van der Waals surface area contributed by atoms with Gasteiger partial charge in [0.25, 0.3) is 5.91 Å². The minimum Gasteiger partial charge on any atom is -0.485 e. The molecule has 29 heavy (non-hydrogen) atoms. The number of fused-ring (bicyclic) bond motifs is 1. The number of nitrogens with one attached hydrogen (secondary N) is 1. The van der Waals surface area contributed by atoms with Crippen LogP contribution in [0.2, 0.25) is 0 Å². The normalized spacial score (nSPS) is 19.3. The fourth-order valence-electron chi connectivity index (χ4n) is 3.60. The second-order valence-corrected chi connectivity index (χ2v) is 8.10. The lowest BCUT2D eigenvalue weighted by molar-refractivity contribution is 0.00712. The van der Waals surface area contributed by atoms with E-state index < -0.39 is 17.8 Å². The lowest BCUT2D eigenvalue weighted by atomic mass is 9.95. The van der Waals surface area contributed by atoms with Crippen LogP contribution in [0.1, 0.15) is 40.9 Å². The first-order chi connectivity index (χ1) is 13.9. The highest BCUT2D eigenvalue weighted by Gasteiger charge is 2.26. The molecule has 1 aliphatic carbocycles. The molecule has 1 aliphatic rings. The summed E-state index contributed by atoms with van der Waals surface area (Å²) >= 11 is 1.20. The molecule has 0 saturated heterocycles. The van der Waals surface area contributed by atoms with Crippen LogP contribution in [0, 0.1) is 12.7 Å². The van der Waals surface area contributed by atoms with Crippen LogP contribution in [0.4, 0.5) is 15.9 Å². The number of carbonyl (C=O) groups excluding carboxylic acids is 1. The lowest BCUT2D eigenvalue weighted by Crippen LogP contribution is -2.34. The van der Waals surface area contributed by atoms with E-state index >= 15 is 0 Å². The van der Waals surface area contributed by atoms with Crippen LogP contribution in [0.5, 0.6) is 5.75 Å². The van der Waals surface area contributed by atoms with Gasteiger partial charge >= 0.3 is 0 Å². The Morgan fingerprint density at radius 2 is 2.14 bits per heavy atom. The number of aliphatic hydroxyl groups is 1. The van der Waals surface area contributed by atoms with Crippen LogP contribution in [-0.4, -0.2) is 33.2 Å². The van der Waals surface area contributed by atoms with Gasteiger partial charge in [0.05, 0.1) is 22.1 Å². The lowest BCUT2D eigenvalue weighted by Gasteiger charge is -2.29. The zero-order valence-electron chi connectivity index (χ0n) is 15.8. The number of aliphatic hydroxyl groups excluding tert-OH is 1. The van der Waals surface area contributed by atoms with Crippen molar-refractivity contribution in [1.82, 2.24) is 9.97 Å². The summed E-state index contributed by atoms with van der Waals surface area (Å²) in [6, 6.07) is 4.17. The summed E-state index contributed by atoms with van der Waals surface area (Å²) in [6.07, 6.45) is 3.70. The maximum Gasteiger partial charge on any atom is 0.259 e. The number of thiophene rings is 1. The third kappa shape index (κ3) is 3.88. The van der Waals surface area contributed by atoms with Crippen LogP contribution < -0.4 is 15.8 Å². The molecule has 0 unspecified atom stereocenters. The van der Waals surface area contributed by atoms with Gasteiger partial charge in [0.1, 0.15) is 34.6 Å². The molecular weight excluding hydrogens is 395 g/mol. The van der Waals surface area contributed by atoms with Gasteiger partial charge in [-0.1, -0.05) is 6.42 Å². The quantitative estimate of drug-likeness (QED) is 0.585. The SMILES string of the molecule is Cc1c(C(N)=O)sc2ncnc(Nc3ccc(F)cc3O[C@@H]3CCCC[C@H]3O)c12. The van der Waals surface area contributed by atoms with Gasteiger partial charge in [-0.25, -0.2) is 14.4 Å². The molecule has 9 heteroatoms. The largest absolute Gasteiger partial charge is 0.485 e. The number of rotatable bonds is 5. The number of nitrogens with zero attached hydrogens (tertiary/aromatic N) is 2. The Bertz CT molecular complexity index is 1070. The van der Waals surface area contributed by atoms with Crippen molar-refractivity contribution in [2.75, 3.05) is 5.32 Å². The van der Waals surface area contributed by atoms with Gasteiger partial charge in [-0.3, -0.25) is 4.79 Å². The Morgan fingerprint density at radius 1 is 1.34 bits per heavy atom. The van der Waals surface area contributed by atoms with Gasteiger partial charge < -0.3 is 20.9 Å². The van der Waals surface area contributed by atoms with Crippen molar-refractivity contribution >= 4 is 39.0 Å². The van der Waals surface area contributed by atoms with E-state index in [4.69, 9.17) is 10.5 Å². The van der Waals surface area contributed by atoms with E-state index in [-0.39, 0.29) is 6.10 Å². The monoisotopic (exact) mass is 416 g/mol. The molecule has 4 rings (SSSR count). The molecule has 4 N–H and O–H groups in total. The summed E-state index contributed by atoms with van der Waals surface area (Å²) in [5, 5.41) is 14.1. The summed E-state index contributed by atoms with van der Waals surface area (Å²) in [4.78, 5) is 21.2. The molecule has 0 bridgehead atoms. The summed E-state index contributed by atoms with van der Waals surface area (Å²) in [6.45, 7) is 1.79. The van der Waals surface area contributed by atoms with E-state index in [1.807, 2.05) is 0 Å². The number of benzene rings is 1. The molecule has 1 saturated carbocycles. The summed E-state index contributed by atoms with van der Waals surface area (Å²) < 4.78 is 19.9. The molecule has 2 heterocycles. The highest BCUT2D eigenvalue weighted by molar-refractivity contribution is 7.20. The van der Waals surface area contributed by atoms with E-state index in [1.54, 1.807) is 13.0 Å². The zero-order valence-corrected chi connectivity index (χ0v) is 16.6. The Kier molecular flexibility index (Phi) is 5.33. The molecular formula is C20H21FN4O3S. The number of carbonyl (C=O) groups is 1. The molecule has 152 valence electrons. The second kappa shape index (κ2) is 7.92. The molecule has 2 aromatic heterocycles. The smallest absolute Gasteiger partial charge is 0.259 e. The van der Waals surface area contributed by atoms with E-state index in [9.17, 15) is 14.3 Å². The topological polar surface area (TPSA) is 110 Å². The number of anilines is 2. The van der Waals surface area contributed by atoms with Crippen molar-refractivity contribution in [2.24, 2.45) is 5.73 Å². The third-order valence-corrected chi connectivity index (χ3v) is 6.31. The van der Waals surface area contributed by atoms with E-state index in [0.717, 1.165) is 12.8 Å². The first-order valence-electron chi connectivity index (χ1n) is 9.39. The minimum atomic E-state index is -0.581. The van der Waals surface area contributed by atoms with Crippen molar-refractivity contribution in [2.45, 2.75) is 44.8 Å². The Labute approximate surface area is 170 Å². The minimum absolute atomic E-state index is 0.297. The average Bonchev–Trinajstić information content (AvgIpc) is 3.04. The van der Waals surface area contributed by atoms with E-state index in [1.165, 1.54) is 29.8 Å². The van der Waals surface area contributed by atoms with E-state index in [2.05, 4.69) is 15.3 Å². The van der Waals surface area contributed by atoms with Crippen LogP contribution in [0.3, 0.4) is 0 Å². The Hall–Kier alpha value is -2.78. The molecule has 0 radical (unpaired) electrons. The van der Waals surface area contributed by atoms with Gasteiger partial charge in [0, 0.05) is 6.07 Å². The molecule has 0 aliphatic heterocycles. The predicted octanol–water partition coefficient (Wildman–Crippen LogP) is 3.66. The first-order valence-corrected chi connectivity index (χ1v) is 10.2. The number of aromatic nitrogens is 2. The van der Waals surface area contributed by atoms with Crippen LogP contribution in [0.15, 0.2) is 24.5 Å². The molecule has 2 atom stereocenters. The fourth-order valence-corrected chi connectivity index (χ4v) is 4.60. The fraction of sp³-hybridized carbons (Fsp3) is 0.350. The predicted molar refractivity (Wildman–Crippen MR) is 109 cm³/mol. The van der Waals surface area contributed by atoms with Crippen molar-refractivity contribution < 1.29 is 19.0 Å². The molecule has 3 aromatic rings. The van der Waals surface area contributed by atoms with Crippen LogP contribution in [-0.2, 0) is 0 Å². The maximum absolute atomic E-state index is 13.9. The van der Waals surface area contributed by atoms with Gasteiger partial charge in [-0.05, 0) is 43.9 Å². The van der Waals surface area contributed by atoms with E-state index in [0.29, 0.717) is 50.8 Å². The van der Waals surface area contributed by atoms with Gasteiger partial charge in [-0.15, -0.1) is 11.3 Å². The molecule has 1 fully saturated rings. The number of amides is 1. The molecule has 1 amide bonds. The van der Waals surface area contributed by atoms with Crippen LogP contribution in [0.25, 0.3) is 10.2 Å². The van der Waals surface area contributed by atoms with Gasteiger partial charge in [-0.2, -0.15) is 0 Å².